The van der Waals surface area contributed by atoms with E-state index in [2.05, 4.69) is 0 Å². The monoisotopic (exact) mass is 304 g/mol. The second-order valence-corrected chi connectivity index (χ2v) is 5.00. The third kappa shape index (κ3) is 3.43. The summed E-state index contributed by atoms with van der Waals surface area (Å²) in [6.45, 7) is 7.33. The number of Topliss-reactive ketones (excluding diaryl/α,β-unsaturated/α-hetero) is 1. The molecule has 0 bridgehead atoms. The summed E-state index contributed by atoms with van der Waals surface area (Å²) in [5, 5.41) is 0. The molecule has 0 spiro atoms. The van der Waals surface area contributed by atoms with Crippen LogP contribution in [0, 0.1) is 0 Å². The molecule has 2 rings (SSSR count). The van der Waals surface area contributed by atoms with Crippen LogP contribution in [0.2, 0.25) is 0 Å². The van der Waals surface area contributed by atoms with Gasteiger partial charge in [0, 0.05) is 17.6 Å². The molecule has 4 nitrogen and oxygen atoms in total. The predicted molar refractivity (Wildman–Crippen MR) is 86.8 cm³/mol. The average Bonchev–Trinajstić information content (AvgIpc) is 2.52. The Morgan fingerprint density at radius 3 is 2.27 bits per heavy atom. The summed E-state index contributed by atoms with van der Waals surface area (Å²) in [7, 11) is 0. The molecule has 22 heavy (non-hydrogen) atoms. The van der Waals surface area contributed by atoms with Gasteiger partial charge in [-0.25, -0.2) is 0 Å². The number of carbonyl (C=O) groups is 1. The lowest BCUT2D eigenvalue weighted by Crippen LogP contribution is -2.10. The summed E-state index contributed by atoms with van der Waals surface area (Å²) in [5.41, 5.74) is 1.54. The normalized spacial score (nSPS) is 14.5. The van der Waals surface area contributed by atoms with Gasteiger partial charge in [0.2, 0.25) is 5.75 Å². The summed E-state index contributed by atoms with van der Waals surface area (Å²) in [6, 6.07) is 3.75. The van der Waals surface area contributed by atoms with Crippen LogP contribution in [0.3, 0.4) is 0 Å². The van der Waals surface area contributed by atoms with Crippen LogP contribution in [0.4, 0.5) is 0 Å². The van der Waals surface area contributed by atoms with E-state index in [0.717, 1.165) is 24.0 Å². The molecular formula is C18H24O4. The maximum atomic E-state index is 12.2. The first-order valence-electron chi connectivity index (χ1n) is 8.02. The molecule has 4 heteroatoms. The number of benzene rings is 1. The Bertz CT molecular complexity index is 560. The third-order valence-corrected chi connectivity index (χ3v) is 3.50. The van der Waals surface area contributed by atoms with E-state index in [-0.39, 0.29) is 5.78 Å². The second kappa shape index (κ2) is 7.87. The van der Waals surface area contributed by atoms with Gasteiger partial charge in [-0.3, -0.25) is 4.79 Å². The molecule has 0 radical (unpaired) electrons. The molecule has 0 saturated heterocycles. The maximum Gasteiger partial charge on any atom is 0.204 e. The lowest BCUT2D eigenvalue weighted by Gasteiger charge is -2.20. The zero-order valence-corrected chi connectivity index (χ0v) is 13.6. The van der Waals surface area contributed by atoms with Gasteiger partial charge in [-0.2, -0.15) is 0 Å². The topological polar surface area (TPSA) is 44.8 Å². The first-order valence-corrected chi connectivity index (χ1v) is 8.02. The van der Waals surface area contributed by atoms with Crippen LogP contribution < -0.4 is 14.2 Å². The lowest BCUT2D eigenvalue weighted by atomic mass is 9.91. The molecule has 0 fully saturated rings. The van der Waals surface area contributed by atoms with Crippen molar-refractivity contribution in [3.8, 4) is 17.2 Å². The molecule has 0 saturated carbocycles. The van der Waals surface area contributed by atoms with Gasteiger partial charge in [0.05, 0.1) is 19.8 Å². The van der Waals surface area contributed by atoms with Crippen LogP contribution in [0.1, 0.15) is 45.6 Å². The maximum absolute atomic E-state index is 12.2. The third-order valence-electron chi connectivity index (χ3n) is 3.50. The number of ketones is 1. The largest absolute Gasteiger partial charge is 0.490 e. The van der Waals surface area contributed by atoms with Crippen molar-refractivity contribution in [2.45, 2.75) is 40.0 Å². The van der Waals surface area contributed by atoms with Crippen LogP contribution in [0.15, 0.2) is 18.2 Å². The molecule has 0 atom stereocenters. The zero-order chi connectivity index (χ0) is 15.9. The highest BCUT2D eigenvalue weighted by Crippen LogP contribution is 2.44. The van der Waals surface area contributed by atoms with Gasteiger partial charge in [0.15, 0.2) is 17.3 Å². The Balaban J connectivity index is 2.55. The van der Waals surface area contributed by atoms with Crippen LogP contribution in [-0.4, -0.2) is 25.6 Å². The van der Waals surface area contributed by atoms with Crippen molar-refractivity contribution in [3.05, 3.63) is 23.8 Å². The van der Waals surface area contributed by atoms with E-state index in [1.807, 2.05) is 39.0 Å². The Labute approximate surface area is 132 Å². The van der Waals surface area contributed by atoms with Gasteiger partial charge in [-0.15, -0.1) is 0 Å². The van der Waals surface area contributed by atoms with E-state index in [4.69, 9.17) is 14.2 Å². The van der Waals surface area contributed by atoms with Crippen molar-refractivity contribution in [1.82, 2.24) is 0 Å². The summed E-state index contributed by atoms with van der Waals surface area (Å²) >= 11 is 0. The summed E-state index contributed by atoms with van der Waals surface area (Å²) < 4.78 is 17.2. The number of ether oxygens (including phenoxy) is 3. The van der Waals surface area contributed by atoms with Crippen molar-refractivity contribution in [2.75, 3.05) is 19.8 Å². The van der Waals surface area contributed by atoms with Crippen LogP contribution in [0.25, 0.3) is 5.57 Å². The first-order chi connectivity index (χ1) is 10.7. The van der Waals surface area contributed by atoms with E-state index in [1.165, 1.54) is 0 Å². The lowest BCUT2D eigenvalue weighted by molar-refractivity contribution is -0.114. The molecule has 1 aromatic carbocycles. The van der Waals surface area contributed by atoms with Crippen molar-refractivity contribution >= 4 is 11.4 Å². The van der Waals surface area contributed by atoms with E-state index < -0.39 is 0 Å². The highest BCUT2D eigenvalue weighted by Gasteiger charge is 2.24. The molecule has 0 N–H and O–H groups in total. The molecule has 1 aliphatic rings. The Morgan fingerprint density at radius 1 is 0.955 bits per heavy atom. The van der Waals surface area contributed by atoms with Gasteiger partial charge in [0.25, 0.3) is 0 Å². The van der Waals surface area contributed by atoms with E-state index in [1.54, 1.807) is 0 Å². The van der Waals surface area contributed by atoms with Gasteiger partial charge in [-0.1, -0.05) is 6.08 Å². The minimum absolute atomic E-state index is 0.166. The molecular weight excluding hydrogens is 280 g/mol. The van der Waals surface area contributed by atoms with Gasteiger partial charge < -0.3 is 14.2 Å². The fourth-order valence-corrected chi connectivity index (χ4v) is 2.61. The fourth-order valence-electron chi connectivity index (χ4n) is 2.61. The number of carbonyl (C=O) groups excluding carboxylic acids is 1. The summed E-state index contributed by atoms with van der Waals surface area (Å²) in [4.78, 5) is 12.2. The predicted octanol–water partition coefficient (Wildman–Crippen LogP) is 4.02. The molecule has 0 heterocycles. The Morgan fingerprint density at radius 2 is 1.64 bits per heavy atom. The molecule has 120 valence electrons. The molecule has 0 unspecified atom stereocenters. The first kappa shape index (κ1) is 16.4. The van der Waals surface area contributed by atoms with Crippen LogP contribution in [0.5, 0.6) is 17.2 Å². The van der Waals surface area contributed by atoms with Crippen LogP contribution >= 0.6 is 0 Å². The number of hydrogen-bond donors (Lipinski definition) is 0. The molecule has 1 aromatic rings. The van der Waals surface area contributed by atoms with E-state index >= 15 is 0 Å². The molecule has 1 aliphatic carbocycles. The van der Waals surface area contributed by atoms with Crippen molar-refractivity contribution < 1.29 is 19.0 Å². The number of hydrogen-bond acceptors (Lipinski definition) is 4. The van der Waals surface area contributed by atoms with Crippen molar-refractivity contribution in [1.29, 1.82) is 0 Å². The SMILES string of the molecule is CCOc1ccc(C2=CCCCC2=O)c(OCC)c1OCC. The quantitative estimate of drug-likeness (QED) is 0.763. The smallest absolute Gasteiger partial charge is 0.204 e. The average molecular weight is 304 g/mol. The Hall–Kier alpha value is -1.97. The highest BCUT2D eigenvalue weighted by atomic mass is 16.5. The molecule has 0 amide bonds. The van der Waals surface area contributed by atoms with Gasteiger partial charge >= 0.3 is 0 Å². The second-order valence-electron chi connectivity index (χ2n) is 5.00. The van der Waals surface area contributed by atoms with Crippen LogP contribution in [-0.2, 0) is 4.79 Å². The van der Waals surface area contributed by atoms with Crippen molar-refractivity contribution in [3.63, 3.8) is 0 Å². The minimum Gasteiger partial charge on any atom is -0.490 e. The van der Waals surface area contributed by atoms with E-state index in [0.29, 0.717) is 43.5 Å². The fraction of sp³-hybridized carbons (Fsp3) is 0.500. The van der Waals surface area contributed by atoms with E-state index in [9.17, 15) is 4.79 Å². The Kier molecular flexibility index (Phi) is 5.87. The highest BCUT2D eigenvalue weighted by molar-refractivity contribution is 6.22. The van der Waals surface area contributed by atoms with Crippen molar-refractivity contribution in [2.24, 2.45) is 0 Å². The van der Waals surface area contributed by atoms with Gasteiger partial charge in [0.1, 0.15) is 0 Å². The summed E-state index contributed by atoms with van der Waals surface area (Å²) in [5.74, 6) is 2.01. The van der Waals surface area contributed by atoms with Gasteiger partial charge in [-0.05, 0) is 45.7 Å². The summed E-state index contributed by atoms with van der Waals surface area (Å²) in [6.07, 6.45) is 4.43. The minimum atomic E-state index is 0.166. The molecule has 0 aromatic heterocycles. The number of rotatable bonds is 7. The zero-order valence-electron chi connectivity index (χ0n) is 13.6. The molecule has 0 aliphatic heterocycles. The standard InChI is InChI=1S/C18H24O4/c1-4-20-16-12-11-14(13-9-7-8-10-15(13)19)17(21-5-2)18(16)22-6-3/h9,11-12H,4-8,10H2,1-3H3. The number of allylic oxidation sites excluding steroid dienone is 2.